The molecule has 0 bridgehead atoms. The van der Waals surface area contributed by atoms with Crippen LogP contribution in [0.5, 0.6) is 0 Å². The Labute approximate surface area is 166 Å². The largest absolute Gasteiger partial charge is 0.450 e. The number of aromatic nitrogens is 1. The van der Waals surface area contributed by atoms with Gasteiger partial charge in [-0.25, -0.2) is 4.79 Å². The summed E-state index contributed by atoms with van der Waals surface area (Å²) in [4.78, 5) is 34.9. The number of anilines is 1. The van der Waals surface area contributed by atoms with Crippen LogP contribution in [0, 0.1) is 0 Å². The van der Waals surface area contributed by atoms with Gasteiger partial charge in [0, 0.05) is 57.7 Å². The maximum atomic E-state index is 12.8. The van der Waals surface area contributed by atoms with Crippen molar-refractivity contribution in [3.8, 4) is 0 Å². The first-order chi connectivity index (χ1) is 13.6. The predicted molar refractivity (Wildman–Crippen MR) is 107 cm³/mol. The molecule has 0 radical (unpaired) electrons. The Morgan fingerprint density at radius 3 is 2.43 bits per heavy atom. The number of carbonyl (C=O) groups excluding carboxylic acids is 2. The second-order valence-corrected chi connectivity index (χ2v) is 7.29. The first kappa shape index (κ1) is 20.4. The second kappa shape index (κ2) is 9.73. The third-order valence-electron chi connectivity index (χ3n) is 5.48. The molecule has 0 unspecified atom stereocenters. The number of amides is 2. The van der Waals surface area contributed by atoms with Crippen molar-refractivity contribution in [3.63, 3.8) is 0 Å². The molecule has 2 saturated heterocycles. The zero-order chi connectivity index (χ0) is 19.9. The molecule has 28 heavy (non-hydrogen) atoms. The van der Waals surface area contributed by atoms with Crippen LogP contribution in [-0.4, -0.2) is 90.1 Å². The van der Waals surface area contributed by atoms with Gasteiger partial charge in [-0.2, -0.15) is 0 Å². The summed E-state index contributed by atoms with van der Waals surface area (Å²) in [5, 5.41) is 3.47. The van der Waals surface area contributed by atoms with Gasteiger partial charge in [0.1, 0.15) is 0 Å². The lowest BCUT2D eigenvalue weighted by Gasteiger charge is -2.34. The number of hydrogen-bond acceptors (Lipinski definition) is 6. The Kier molecular flexibility index (Phi) is 7.08. The van der Waals surface area contributed by atoms with Gasteiger partial charge in [-0.05, 0) is 32.4 Å². The van der Waals surface area contributed by atoms with Gasteiger partial charge in [-0.3, -0.25) is 9.78 Å². The summed E-state index contributed by atoms with van der Waals surface area (Å²) in [6, 6.07) is 2.14. The quantitative estimate of drug-likeness (QED) is 0.829. The molecule has 2 aliphatic heterocycles. The van der Waals surface area contributed by atoms with E-state index in [4.69, 9.17) is 4.74 Å². The van der Waals surface area contributed by atoms with Gasteiger partial charge in [-0.1, -0.05) is 6.92 Å². The number of nitrogens with one attached hydrogen (secondary N) is 1. The summed E-state index contributed by atoms with van der Waals surface area (Å²) < 4.78 is 5.06. The predicted octanol–water partition coefficient (Wildman–Crippen LogP) is 1.89. The monoisotopic (exact) mass is 389 g/mol. The van der Waals surface area contributed by atoms with Gasteiger partial charge in [0.15, 0.2) is 0 Å². The average Bonchev–Trinajstić information content (AvgIpc) is 2.74. The van der Waals surface area contributed by atoms with Crippen molar-refractivity contribution >= 4 is 17.7 Å². The van der Waals surface area contributed by atoms with Crippen molar-refractivity contribution in [2.75, 3.05) is 57.7 Å². The number of likely N-dealkylation sites (N-methyl/N-ethyl adjacent to an activating group) is 1. The topological polar surface area (TPSA) is 78.0 Å². The Morgan fingerprint density at radius 1 is 1.07 bits per heavy atom. The highest BCUT2D eigenvalue weighted by atomic mass is 16.6. The summed E-state index contributed by atoms with van der Waals surface area (Å²) in [5.41, 5.74) is 1.48. The summed E-state index contributed by atoms with van der Waals surface area (Å²) in [6.45, 7) is 10.1. The van der Waals surface area contributed by atoms with Crippen LogP contribution in [0.3, 0.4) is 0 Å². The summed E-state index contributed by atoms with van der Waals surface area (Å²) >= 11 is 0. The molecule has 2 fully saturated rings. The molecule has 2 aliphatic rings. The summed E-state index contributed by atoms with van der Waals surface area (Å²) in [6.07, 6.45) is 4.84. The number of ether oxygens (including phenoxy) is 1. The van der Waals surface area contributed by atoms with E-state index in [0.29, 0.717) is 25.3 Å². The highest BCUT2D eigenvalue weighted by molar-refractivity contribution is 5.94. The van der Waals surface area contributed by atoms with Crippen LogP contribution in [0.1, 0.15) is 37.0 Å². The van der Waals surface area contributed by atoms with Gasteiger partial charge >= 0.3 is 6.09 Å². The maximum absolute atomic E-state index is 12.8. The molecule has 3 heterocycles. The lowest BCUT2D eigenvalue weighted by atomic mass is 10.0. The highest BCUT2D eigenvalue weighted by Gasteiger charge is 2.24. The van der Waals surface area contributed by atoms with Gasteiger partial charge in [0.25, 0.3) is 5.91 Å². The van der Waals surface area contributed by atoms with Crippen molar-refractivity contribution in [2.24, 2.45) is 0 Å². The van der Waals surface area contributed by atoms with Crippen LogP contribution >= 0.6 is 0 Å². The average molecular weight is 390 g/mol. The number of nitrogens with zero attached hydrogens (tertiary/aromatic N) is 4. The summed E-state index contributed by atoms with van der Waals surface area (Å²) in [5.74, 6) is 0.0454. The van der Waals surface area contributed by atoms with E-state index < -0.39 is 0 Å². The fraction of sp³-hybridized carbons (Fsp3) is 0.650. The first-order valence-corrected chi connectivity index (χ1v) is 10.3. The van der Waals surface area contributed by atoms with Crippen LogP contribution < -0.4 is 5.32 Å². The third kappa shape index (κ3) is 5.13. The molecule has 154 valence electrons. The zero-order valence-corrected chi connectivity index (χ0v) is 16.9. The van der Waals surface area contributed by atoms with Crippen molar-refractivity contribution in [1.29, 1.82) is 0 Å². The standard InChI is InChI=1S/C20H31N5O3/c1-3-23-9-11-24(12-10-23)19(26)16-13-18(15-21-14-16)22-17-5-7-25(8-6-17)20(27)28-4-2/h13-15,17,22H,3-12H2,1-2H3. The number of rotatable bonds is 5. The Morgan fingerprint density at radius 2 is 1.79 bits per heavy atom. The fourth-order valence-electron chi connectivity index (χ4n) is 3.74. The Balaban J connectivity index is 1.53. The minimum absolute atomic E-state index is 0.0454. The number of pyridine rings is 1. The number of hydrogen-bond donors (Lipinski definition) is 1. The third-order valence-corrected chi connectivity index (χ3v) is 5.48. The molecule has 0 aromatic carbocycles. The van der Waals surface area contributed by atoms with E-state index in [0.717, 1.165) is 51.3 Å². The molecule has 8 heteroatoms. The van der Waals surface area contributed by atoms with E-state index in [1.54, 1.807) is 17.3 Å². The van der Waals surface area contributed by atoms with Crippen molar-refractivity contribution in [1.82, 2.24) is 19.7 Å². The van der Waals surface area contributed by atoms with E-state index in [2.05, 4.69) is 22.1 Å². The molecule has 1 aromatic heterocycles. The molecule has 3 rings (SSSR count). The number of piperazine rings is 1. The van der Waals surface area contributed by atoms with Gasteiger partial charge in [0.2, 0.25) is 0 Å². The van der Waals surface area contributed by atoms with Crippen LogP contribution in [0.25, 0.3) is 0 Å². The lowest BCUT2D eigenvalue weighted by molar-refractivity contribution is 0.0643. The van der Waals surface area contributed by atoms with Gasteiger partial charge in [-0.15, -0.1) is 0 Å². The fourth-order valence-corrected chi connectivity index (χ4v) is 3.74. The Hall–Kier alpha value is -2.35. The van der Waals surface area contributed by atoms with Crippen molar-refractivity contribution in [3.05, 3.63) is 24.0 Å². The number of piperidine rings is 1. The normalized spacial score (nSPS) is 18.8. The molecule has 8 nitrogen and oxygen atoms in total. The smallest absolute Gasteiger partial charge is 0.409 e. The Bertz CT molecular complexity index is 668. The molecule has 2 amide bonds. The minimum atomic E-state index is -0.238. The zero-order valence-electron chi connectivity index (χ0n) is 16.9. The van der Waals surface area contributed by atoms with E-state index in [1.165, 1.54) is 0 Å². The summed E-state index contributed by atoms with van der Waals surface area (Å²) in [7, 11) is 0. The maximum Gasteiger partial charge on any atom is 0.409 e. The SMILES string of the molecule is CCOC(=O)N1CCC(Nc2cncc(C(=O)N3CCN(CC)CC3)c2)CC1. The van der Waals surface area contributed by atoms with Crippen molar-refractivity contribution in [2.45, 2.75) is 32.7 Å². The number of likely N-dealkylation sites (tertiary alicyclic amines) is 1. The second-order valence-electron chi connectivity index (χ2n) is 7.29. The molecule has 0 spiro atoms. The molecular formula is C20H31N5O3. The molecule has 0 saturated carbocycles. The molecule has 0 atom stereocenters. The van der Waals surface area contributed by atoms with E-state index >= 15 is 0 Å². The van der Waals surface area contributed by atoms with Crippen molar-refractivity contribution < 1.29 is 14.3 Å². The molecule has 1 N–H and O–H groups in total. The highest BCUT2D eigenvalue weighted by Crippen LogP contribution is 2.18. The van der Waals surface area contributed by atoms with Crippen LogP contribution in [0.4, 0.5) is 10.5 Å². The van der Waals surface area contributed by atoms with Crippen LogP contribution in [0.15, 0.2) is 18.5 Å². The van der Waals surface area contributed by atoms with Gasteiger partial charge < -0.3 is 24.8 Å². The van der Waals surface area contributed by atoms with Crippen LogP contribution in [0.2, 0.25) is 0 Å². The van der Waals surface area contributed by atoms with Gasteiger partial charge in [0.05, 0.1) is 17.9 Å². The van der Waals surface area contributed by atoms with E-state index in [-0.39, 0.29) is 18.0 Å². The lowest BCUT2D eigenvalue weighted by Crippen LogP contribution is -2.48. The molecular weight excluding hydrogens is 358 g/mol. The van der Waals surface area contributed by atoms with E-state index in [9.17, 15) is 9.59 Å². The minimum Gasteiger partial charge on any atom is -0.450 e. The number of carbonyl (C=O) groups is 2. The van der Waals surface area contributed by atoms with E-state index in [1.807, 2.05) is 17.9 Å². The van der Waals surface area contributed by atoms with Crippen LogP contribution in [-0.2, 0) is 4.74 Å². The first-order valence-electron chi connectivity index (χ1n) is 10.3. The molecule has 0 aliphatic carbocycles. The molecule has 1 aromatic rings.